The van der Waals surface area contributed by atoms with Crippen molar-refractivity contribution in [3.05, 3.63) is 21.2 Å². The summed E-state index contributed by atoms with van der Waals surface area (Å²) in [4.78, 5) is 6.87. The Morgan fingerprint density at radius 2 is 2.24 bits per heavy atom. The molecule has 1 saturated carbocycles. The summed E-state index contributed by atoms with van der Waals surface area (Å²) in [6, 6.07) is 2.84. The fraction of sp³-hybridized carbons (Fsp3) is 0.583. The topological polar surface area (TPSA) is 28.2 Å². The Kier molecular flexibility index (Phi) is 4.82. The molecular formula is C12H17Br2N3. The van der Waals surface area contributed by atoms with Crippen LogP contribution in [0.5, 0.6) is 0 Å². The number of halogens is 2. The molecule has 1 heterocycles. The predicted octanol–water partition coefficient (Wildman–Crippen LogP) is 3.50. The van der Waals surface area contributed by atoms with Gasteiger partial charge in [-0.05, 0) is 57.3 Å². The summed E-state index contributed by atoms with van der Waals surface area (Å²) < 4.78 is 1.99. The van der Waals surface area contributed by atoms with E-state index in [-0.39, 0.29) is 0 Å². The van der Waals surface area contributed by atoms with E-state index < -0.39 is 0 Å². The lowest BCUT2D eigenvalue weighted by Gasteiger charge is -2.20. The van der Waals surface area contributed by atoms with Crippen LogP contribution in [0.1, 0.15) is 19.8 Å². The van der Waals surface area contributed by atoms with E-state index in [1.807, 2.05) is 12.3 Å². The van der Waals surface area contributed by atoms with E-state index in [0.717, 1.165) is 40.4 Å². The van der Waals surface area contributed by atoms with Crippen LogP contribution in [0, 0.1) is 0 Å². The molecule has 0 spiro atoms. The lowest BCUT2D eigenvalue weighted by Crippen LogP contribution is -2.31. The third kappa shape index (κ3) is 3.93. The lowest BCUT2D eigenvalue weighted by molar-refractivity contribution is 0.289. The van der Waals surface area contributed by atoms with E-state index in [1.54, 1.807) is 0 Å². The van der Waals surface area contributed by atoms with Gasteiger partial charge in [-0.3, -0.25) is 4.90 Å². The predicted molar refractivity (Wildman–Crippen MR) is 78.4 cm³/mol. The van der Waals surface area contributed by atoms with Crippen LogP contribution < -0.4 is 5.32 Å². The summed E-state index contributed by atoms with van der Waals surface area (Å²) in [5, 5.41) is 3.37. The van der Waals surface area contributed by atoms with Crippen LogP contribution in [-0.2, 0) is 0 Å². The first-order chi connectivity index (χ1) is 8.20. The Hall–Kier alpha value is -0.130. The molecule has 0 atom stereocenters. The molecule has 0 saturated heterocycles. The smallest absolute Gasteiger partial charge is 0.140 e. The molecular weight excluding hydrogens is 346 g/mol. The number of aromatic nitrogens is 1. The third-order valence-electron chi connectivity index (χ3n) is 2.97. The molecule has 0 radical (unpaired) electrons. The van der Waals surface area contributed by atoms with Crippen LogP contribution in [-0.4, -0.2) is 35.6 Å². The molecule has 1 aromatic rings. The van der Waals surface area contributed by atoms with Crippen molar-refractivity contribution in [1.29, 1.82) is 0 Å². The average Bonchev–Trinajstić information content (AvgIpc) is 3.11. The van der Waals surface area contributed by atoms with Crippen LogP contribution in [0.3, 0.4) is 0 Å². The van der Waals surface area contributed by atoms with Crippen LogP contribution >= 0.6 is 31.9 Å². The van der Waals surface area contributed by atoms with Gasteiger partial charge in [0.1, 0.15) is 5.82 Å². The molecule has 1 aliphatic carbocycles. The third-order valence-corrected chi connectivity index (χ3v) is 4.01. The quantitative estimate of drug-likeness (QED) is 0.839. The monoisotopic (exact) mass is 361 g/mol. The molecule has 1 aromatic heterocycles. The minimum atomic E-state index is 0.836. The van der Waals surface area contributed by atoms with Crippen LogP contribution in [0.15, 0.2) is 21.2 Å². The maximum Gasteiger partial charge on any atom is 0.140 e. The number of anilines is 1. The number of nitrogens with zero attached hydrogens (tertiary/aromatic N) is 2. The van der Waals surface area contributed by atoms with Gasteiger partial charge in [0, 0.05) is 29.8 Å². The van der Waals surface area contributed by atoms with E-state index in [4.69, 9.17) is 0 Å². The highest BCUT2D eigenvalue weighted by molar-refractivity contribution is 9.11. The highest BCUT2D eigenvalue weighted by Crippen LogP contribution is 2.26. The van der Waals surface area contributed by atoms with Crippen molar-refractivity contribution in [2.75, 3.05) is 25.0 Å². The standard InChI is InChI=1S/C12H17Br2N3/c1-2-17(10-3-4-10)6-5-15-12-11(14)7-9(13)8-16-12/h7-8,10H,2-6H2,1H3,(H,15,16). The van der Waals surface area contributed by atoms with Gasteiger partial charge < -0.3 is 5.32 Å². The van der Waals surface area contributed by atoms with Crippen molar-refractivity contribution in [3.63, 3.8) is 0 Å². The number of rotatable bonds is 6. The molecule has 0 amide bonds. The molecule has 1 aliphatic rings. The van der Waals surface area contributed by atoms with Gasteiger partial charge >= 0.3 is 0 Å². The molecule has 2 rings (SSSR count). The second-order valence-corrected chi connectivity index (χ2v) is 6.04. The minimum Gasteiger partial charge on any atom is -0.368 e. The van der Waals surface area contributed by atoms with Crippen LogP contribution in [0.25, 0.3) is 0 Å². The fourth-order valence-corrected chi connectivity index (χ4v) is 3.03. The van der Waals surface area contributed by atoms with Gasteiger partial charge in [-0.1, -0.05) is 6.92 Å². The SMILES string of the molecule is CCN(CCNc1ncc(Br)cc1Br)C1CC1. The van der Waals surface area contributed by atoms with E-state index in [1.165, 1.54) is 12.8 Å². The summed E-state index contributed by atoms with van der Waals surface area (Å²) in [7, 11) is 0. The van der Waals surface area contributed by atoms with Gasteiger partial charge in [-0.25, -0.2) is 4.98 Å². The van der Waals surface area contributed by atoms with Crippen molar-refractivity contribution in [1.82, 2.24) is 9.88 Å². The maximum absolute atomic E-state index is 4.34. The van der Waals surface area contributed by atoms with Gasteiger partial charge in [0.05, 0.1) is 4.47 Å². The fourth-order valence-electron chi connectivity index (χ4n) is 1.90. The highest BCUT2D eigenvalue weighted by Gasteiger charge is 2.27. The Morgan fingerprint density at radius 3 is 2.82 bits per heavy atom. The Bertz CT molecular complexity index is 380. The number of hydrogen-bond acceptors (Lipinski definition) is 3. The molecule has 0 bridgehead atoms. The van der Waals surface area contributed by atoms with Crippen molar-refractivity contribution >= 4 is 37.7 Å². The molecule has 0 aromatic carbocycles. The lowest BCUT2D eigenvalue weighted by atomic mass is 10.4. The van der Waals surface area contributed by atoms with Gasteiger partial charge in [0.25, 0.3) is 0 Å². The van der Waals surface area contributed by atoms with Gasteiger partial charge in [-0.2, -0.15) is 0 Å². The first-order valence-electron chi connectivity index (χ1n) is 5.99. The van der Waals surface area contributed by atoms with Gasteiger partial charge in [-0.15, -0.1) is 0 Å². The molecule has 17 heavy (non-hydrogen) atoms. The first-order valence-corrected chi connectivity index (χ1v) is 7.58. The van der Waals surface area contributed by atoms with E-state index >= 15 is 0 Å². The summed E-state index contributed by atoms with van der Waals surface area (Å²) in [5.41, 5.74) is 0. The van der Waals surface area contributed by atoms with E-state index in [9.17, 15) is 0 Å². The van der Waals surface area contributed by atoms with E-state index in [2.05, 4.69) is 54.0 Å². The number of likely N-dealkylation sites (N-methyl/N-ethyl adjacent to an activating group) is 1. The highest BCUT2D eigenvalue weighted by atomic mass is 79.9. The zero-order chi connectivity index (χ0) is 12.3. The van der Waals surface area contributed by atoms with Crippen molar-refractivity contribution in [2.45, 2.75) is 25.8 Å². The Labute approximate surface area is 119 Å². The molecule has 0 aliphatic heterocycles. The first kappa shape index (κ1) is 13.3. The van der Waals surface area contributed by atoms with Gasteiger partial charge in [0.15, 0.2) is 0 Å². The van der Waals surface area contributed by atoms with Crippen molar-refractivity contribution in [2.24, 2.45) is 0 Å². The van der Waals surface area contributed by atoms with Gasteiger partial charge in [0.2, 0.25) is 0 Å². The Balaban J connectivity index is 1.80. The molecule has 1 N–H and O–H groups in total. The van der Waals surface area contributed by atoms with Crippen molar-refractivity contribution < 1.29 is 0 Å². The van der Waals surface area contributed by atoms with Crippen LogP contribution in [0.2, 0.25) is 0 Å². The second-order valence-electron chi connectivity index (χ2n) is 4.27. The number of hydrogen-bond donors (Lipinski definition) is 1. The number of pyridine rings is 1. The van der Waals surface area contributed by atoms with Crippen molar-refractivity contribution in [3.8, 4) is 0 Å². The zero-order valence-corrected chi connectivity index (χ0v) is 13.1. The molecule has 3 nitrogen and oxygen atoms in total. The summed E-state index contributed by atoms with van der Waals surface area (Å²) in [6.45, 7) is 5.40. The summed E-state index contributed by atoms with van der Waals surface area (Å²) in [5.74, 6) is 0.917. The normalized spacial score (nSPS) is 15.3. The zero-order valence-electron chi connectivity index (χ0n) is 9.92. The second kappa shape index (κ2) is 6.16. The molecule has 1 fully saturated rings. The largest absolute Gasteiger partial charge is 0.368 e. The molecule has 94 valence electrons. The Morgan fingerprint density at radius 1 is 1.47 bits per heavy atom. The summed E-state index contributed by atoms with van der Waals surface area (Å²) in [6.07, 6.45) is 4.55. The van der Waals surface area contributed by atoms with Crippen LogP contribution in [0.4, 0.5) is 5.82 Å². The molecule has 0 unspecified atom stereocenters. The number of nitrogens with one attached hydrogen (secondary N) is 1. The summed E-state index contributed by atoms with van der Waals surface area (Å²) >= 11 is 6.90. The minimum absolute atomic E-state index is 0.836. The van der Waals surface area contributed by atoms with E-state index in [0.29, 0.717) is 0 Å². The average molecular weight is 363 g/mol. The maximum atomic E-state index is 4.34. The molecule has 5 heteroatoms.